The van der Waals surface area contributed by atoms with E-state index in [0.29, 0.717) is 54.5 Å². The number of carbonyl (C=O) groups is 3. The minimum atomic E-state index is -0.776. The van der Waals surface area contributed by atoms with Crippen LogP contribution in [0.4, 0.5) is 4.79 Å². The van der Waals surface area contributed by atoms with Crippen LogP contribution in [0.1, 0.15) is 44.7 Å². The smallest absolute Gasteiger partial charge is 0.338 e. The number of hydrogen-bond acceptors (Lipinski definition) is 7. The number of para-hydroxylation sites is 1. The van der Waals surface area contributed by atoms with Crippen LogP contribution in [0.2, 0.25) is 0 Å². The van der Waals surface area contributed by atoms with Crippen LogP contribution in [0.25, 0.3) is 0 Å². The van der Waals surface area contributed by atoms with Crippen LogP contribution in [-0.4, -0.2) is 92.7 Å². The summed E-state index contributed by atoms with van der Waals surface area (Å²) in [4.78, 5) is 45.0. The molecule has 202 valence electrons. The van der Waals surface area contributed by atoms with Gasteiger partial charge in [0.1, 0.15) is 0 Å². The van der Waals surface area contributed by atoms with Crippen molar-refractivity contribution in [3.8, 4) is 11.5 Å². The van der Waals surface area contributed by atoms with E-state index in [1.54, 1.807) is 39.3 Å². The molecule has 1 aromatic rings. The second kappa shape index (κ2) is 11.4. The van der Waals surface area contributed by atoms with Crippen molar-refractivity contribution < 1.29 is 28.6 Å². The molecule has 1 aliphatic carbocycles. The van der Waals surface area contributed by atoms with E-state index in [0.717, 1.165) is 19.3 Å². The molecule has 0 aromatic heterocycles. The van der Waals surface area contributed by atoms with Crippen LogP contribution in [0, 0.1) is 5.92 Å². The Morgan fingerprint density at radius 1 is 1.14 bits per heavy atom. The molecule has 2 heterocycles. The number of nitrogens with zero attached hydrogens (tertiary/aromatic N) is 3. The molecule has 0 spiro atoms. The first-order valence-electron chi connectivity index (χ1n) is 13.0. The van der Waals surface area contributed by atoms with Gasteiger partial charge in [-0.05, 0) is 32.8 Å². The molecule has 10 nitrogen and oxygen atoms in total. The van der Waals surface area contributed by atoms with E-state index in [-0.39, 0.29) is 30.5 Å². The maximum atomic E-state index is 13.4. The van der Waals surface area contributed by atoms with Gasteiger partial charge in [0.05, 0.1) is 32.4 Å². The molecular weight excluding hydrogens is 476 g/mol. The summed E-state index contributed by atoms with van der Waals surface area (Å²) < 4.78 is 16.5. The van der Waals surface area contributed by atoms with Crippen molar-refractivity contribution in [3.05, 3.63) is 35.0 Å². The Kier molecular flexibility index (Phi) is 8.26. The molecule has 2 unspecified atom stereocenters. The fraction of sp³-hybridized carbons (Fsp3) is 0.593. The van der Waals surface area contributed by atoms with E-state index in [1.165, 1.54) is 12.0 Å². The van der Waals surface area contributed by atoms with Gasteiger partial charge in [-0.25, -0.2) is 9.59 Å². The normalized spacial score (nSPS) is 22.9. The van der Waals surface area contributed by atoms with Gasteiger partial charge < -0.3 is 24.4 Å². The zero-order chi connectivity index (χ0) is 26.7. The van der Waals surface area contributed by atoms with Crippen molar-refractivity contribution in [1.29, 1.82) is 0 Å². The Bertz CT molecular complexity index is 1070. The lowest BCUT2D eigenvalue weighted by atomic mass is 9.84. The van der Waals surface area contributed by atoms with Gasteiger partial charge >= 0.3 is 12.0 Å². The van der Waals surface area contributed by atoms with E-state index in [4.69, 9.17) is 14.2 Å². The number of benzene rings is 1. The molecular formula is C27H38N4O6. The lowest BCUT2D eigenvalue weighted by Gasteiger charge is -2.44. The van der Waals surface area contributed by atoms with Gasteiger partial charge in [0.2, 0.25) is 5.91 Å². The molecule has 0 bridgehead atoms. The second-order valence-electron chi connectivity index (χ2n) is 9.85. The summed E-state index contributed by atoms with van der Waals surface area (Å²) in [5.74, 6) is 0.867. The summed E-state index contributed by atoms with van der Waals surface area (Å²) in [6.07, 6.45) is 3.09. The third-order valence-electron chi connectivity index (χ3n) is 7.64. The Morgan fingerprint density at radius 2 is 1.89 bits per heavy atom. The van der Waals surface area contributed by atoms with Crippen molar-refractivity contribution in [2.24, 2.45) is 5.92 Å². The molecule has 4 rings (SSSR count). The number of likely N-dealkylation sites (N-methyl/N-ethyl adjacent to an activating group) is 1. The highest BCUT2D eigenvalue weighted by atomic mass is 16.5. The first-order valence-corrected chi connectivity index (χ1v) is 13.0. The van der Waals surface area contributed by atoms with Crippen LogP contribution < -0.4 is 14.8 Å². The van der Waals surface area contributed by atoms with Gasteiger partial charge in [-0.15, -0.1) is 0 Å². The number of esters is 1. The molecule has 1 N–H and O–H groups in total. The number of carbonyl (C=O) groups excluding carboxylic acids is 3. The number of nitrogens with one attached hydrogen (secondary N) is 1. The zero-order valence-corrected chi connectivity index (χ0v) is 22.4. The van der Waals surface area contributed by atoms with Crippen LogP contribution in [-0.2, 0) is 14.3 Å². The second-order valence-corrected chi connectivity index (χ2v) is 9.85. The van der Waals surface area contributed by atoms with Gasteiger partial charge in [-0.2, -0.15) is 0 Å². The SMILES string of the molecule is CCOC(=O)C1=C(CN2CCN(C(=O)C3CCC3)C(C)C2)N(C)C(=O)NC1c1cccc(OC)c1OC. The summed E-state index contributed by atoms with van der Waals surface area (Å²) in [7, 11) is 4.72. The number of urea groups is 1. The van der Waals surface area contributed by atoms with Crippen LogP contribution in [0.5, 0.6) is 11.5 Å². The fourth-order valence-corrected chi connectivity index (χ4v) is 5.38. The molecule has 2 aliphatic heterocycles. The standard InChI is InChI=1S/C27H38N4O6/c1-6-37-26(33)22-20(16-30-13-14-31(17(2)15-30)25(32)18-9-7-10-18)29(3)27(34)28-23(22)19-11-8-12-21(35-4)24(19)36-5/h8,11-12,17-18,23H,6-7,9-10,13-16H2,1-5H3,(H,28,34). The van der Waals surface area contributed by atoms with Gasteiger partial charge in [-0.1, -0.05) is 18.6 Å². The van der Waals surface area contributed by atoms with Crippen molar-refractivity contribution in [3.63, 3.8) is 0 Å². The number of rotatable bonds is 8. The van der Waals surface area contributed by atoms with E-state index < -0.39 is 12.0 Å². The number of amides is 3. The van der Waals surface area contributed by atoms with Crippen LogP contribution in [0.15, 0.2) is 29.5 Å². The molecule has 2 atom stereocenters. The molecule has 3 amide bonds. The van der Waals surface area contributed by atoms with E-state index >= 15 is 0 Å². The number of methoxy groups -OCH3 is 2. The largest absolute Gasteiger partial charge is 0.493 e. The Hall–Kier alpha value is -3.27. The average Bonchev–Trinajstić information content (AvgIpc) is 2.85. The van der Waals surface area contributed by atoms with Crippen molar-refractivity contribution in [1.82, 2.24) is 20.0 Å². The third kappa shape index (κ3) is 5.25. The summed E-state index contributed by atoms with van der Waals surface area (Å²) in [5.41, 5.74) is 1.53. The van der Waals surface area contributed by atoms with Crippen molar-refractivity contribution >= 4 is 17.9 Å². The maximum absolute atomic E-state index is 13.4. The third-order valence-corrected chi connectivity index (χ3v) is 7.64. The first kappa shape index (κ1) is 26.8. The Morgan fingerprint density at radius 3 is 2.49 bits per heavy atom. The quantitative estimate of drug-likeness (QED) is 0.532. The Balaban J connectivity index is 1.67. The highest BCUT2D eigenvalue weighted by Crippen LogP contribution is 2.40. The molecule has 3 aliphatic rings. The van der Waals surface area contributed by atoms with Crippen LogP contribution >= 0.6 is 0 Å². The van der Waals surface area contributed by atoms with E-state index in [1.807, 2.05) is 4.90 Å². The summed E-state index contributed by atoms with van der Waals surface area (Å²) in [6.45, 7) is 6.33. The van der Waals surface area contributed by atoms with E-state index in [9.17, 15) is 14.4 Å². The van der Waals surface area contributed by atoms with Gasteiger partial charge in [-0.3, -0.25) is 14.6 Å². The summed E-state index contributed by atoms with van der Waals surface area (Å²) >= 11 is 0. The number of ether oxygens (including phenoxy) is 3. The highest BCUT2D eigenvalue weighted by molar-refractivity contribution is 5.95. The van der Waals surface area contributed by atoms with Gasteiger partial charge in [0, 0.05) is 56.4 Å². The summed E-state index contributed by atoms with van der Waals surface area (Å²) in [6, 6.07) is 4.31. The lowest BCUT2D eigenvalue weighted by molar-refractivity contribution is -0.142. The first-order chi connectivity index (χ1) is 17.8. The molecule has 37 heavy (non-hydrogen) atoms. The van der Waals surface area contributed by atoms with Crippen LogP contribution in [0.3, 0.4) is 0 Å². The zero-order valence-electron chi connectivity index (χ0n) is 22.4. The molecule has 2 fully saturated rings. The Labute approximate surface area is 218 Å². The van der Waals surface area contributed by atoms with Gasteiger partial charge in [0.15, 0.2) is 11.5 Å². The van der Waals surface area contributed by atoms with E-state index in [2.05, 4.69) is 17.1 Å². The molecule has 1 aromatic carbocycles. The average molecular weight is 515 g/mol. The highest BCUT2D eigenvalue weighted by Gasteiger charge is 2.40. The predicted molar refractivity (Wildman–Crippen MR) is 137 cm³/mol. The molecule has 1 saturated carbocycles. The summed E-state index contributed by atoms with van der Waals surface area (Å²) in [5, 5.41) is 2.94. The molecule has 0 radical (unpaired) electrons. The number of piperazine rings is 1. The molecule has 1 saturated heterocycles. The topological polar surface area (TPSA) is 101 Å². The van der Waals surface area contributed by atoms with Crippen molar-refractivity contribution in [2.45, 2.75) is 45.2 Å². The number of hydrogen-bond donors (Lipinski definition) is 1. The fourth-order valence-electron chi connectivity index (χ4n) is 5.38. The molecule has 10 heteroatoms. The minimum Gasteiger partial charge on any atom is -0.493 e. The predicted octanol–water partition coefficient (Wildman–Crippen LogP) is 2.55. The maximum Gasteiger partial charge on any atom is 0.338 e. The van der Waals surface area contributed by atoms with Gasteiger partial charge in [0.25, 0.3) is 0 Å². The lowest BCUT2D eigenvalue weighted by Crippen LogP contribution is -2.57. The monoisotopic (exact) mass is 514 g/mol. The minimum absolute atomic E-state index is 0.0468. The van der Waals surface area contributed by atoms with Crippen molar-refractivity contribution in [2.75, 3.05) is 54.1 Å².